The number of aliphatic hydroxyl groups excluding tert-OH is 1. The summed E-state index contributed by atoms with van der Waals surface area (Å²) in [6.07, 6.45) is 6.39. The van der Waals surface area contributed by atoms with Gasteiger partial charge in [-0.3, -0.25) is 14.4 Å². The number of para-hydroxylation sites is 1. The van der Waals surface area contributed by atoms with Crippen molar-refractivity contribution in [1.29, 1.82) is 0 Å². The Kier molecular flexibility index (Phi) is 9.51. The number of aromatic nitrogens is 3. The van der Waals surface area contributed by atoms with Crippen LogP contribution >= 0.6 is 0 Å². The van der Waals surface area contributed by atoms with Crippen LogP contribution in [0, 0.1) is 17.8 Å². The highest BCUT2D eigenvalue weighted by Crippen LogP contribution is 2.65. The molecule has 3 amide bonds. The Hall–Kier alpha value is -3.57. The standard InChI is InChI=1S/C34H48N6O5/c1-7-18-37(19-8-2)30(42)27-28-31(43)40(26(21-41)23(6)10-4)29(34(28)17-16-33(27,11-5)45-34)32(44)38(20-9-3)22-39-25-15-13-12-14-24(25)35-36-39/h7,9,12-15,23,26-29,41H,1,3,8,10-11,16-22H2,2,4-6H3/t23-,26-,27+,28-,29?,33-,34?/m0/s1. The predicted octanol–water partition coefficient (Wildman–Crippen LogP) is 3.39. The number of hydrogen-bond acceptors (Lipinski definition) is 7. The van der Waals surface area contributed by atoms with Gasteiger partial charge in [-0.05, 0) is 43.7 Å². The minimum Gasteiger partial charge on any atom is -0.394 e. The monoisotopic (exact) mass is 620 g/mol. The van der Waals surface area contributed by atoms with E-state index in [1.165, 1.54) is 0 Å². The van der Waals surface area contributed by atoms with Gasteiger partial charge in [0.15, 0.2) is 0 Å². The molecule has 7 atom stereocenters. The van der Waals surface area contributed by atoms with Crippen LogP contribution in [0.2, 0.25) is 0 Å². The van der Waals surface area contributed by atoms with Crippen molar-refractivity contribution < 1.29 is 24.2 Å². The van der Waals surface area contributed by atoms with Crippen molar-refractivity contribution in [3.8, 4) is 0 Å². The van der Waals surface area contributed by atoms with E-state index in [4.69, 9.17) is 4.74 Å². The highest BCUT2D eigenvalue weighted by Gasteiger charge is 2.79. The molecule has 45 heavy (non-hydrogen) atoms. The van der Waals surface area contributed by atoms with Crippen molar-refractivity contribution in [1.82, 2.24) is 29.7 Å². The molecular formula is C34H48N6O5. The van der Waals surface area contributed by atoms with Crippen LogP contribution in [0.1, 0.15) is 59.8 Å². The fourth-order valence-corrected chi connectivity index (χ4v) is 8.13. The van der Waals surface area contributed by atoms with E-state index in [9.17, 15) is 19.5 Å². The summed E-state index contributed by atoms with van der Waals surface area (Å²) in [7, 11) is 0. The van der Waals surface area contributed by atoms with E-state index < -0.39 is 35.1 Å². The van der Waals surface area contributed by atoms with Gasteiger partial charge in [-0.15, -0.1) is 18.3 Å². The second-order valence-corrected chi connectivity index (χ2v) is 12.9. The van der Waals surface area contributed by atoms with Gasteiger partial charge in [0.05, 0.1) is 35.6 Å². The van der Waals surface area contributed by atoms with Gasteiger partial charge in [-0.1, -0.05) is 63.6 Å². The highest BCUT2D eigenvalue weighted by atomic mass is 16.5. The first kappa shape index (κ1) is 32.8. The zero-order valence-corrected chi connectivity index (χ0v) is 27.1. The number of aliphatic hydroxyl groups is 1. The molecule has 11 nitrogen and oxygen atoms in total. The average molecular weight is 621 g/mol. The van der Waals surface area contributed by atoms with Crippen LogP contribution in [0.5, 0.6) is 0 Å². The van der Waals surface area contributed by atoms with Gasteiger partial charge in [0.1, 0.15) is 23.8 Å². The average Bonchev–Trinajstić information content (AvgIpc) is 3.78. The lowest BCUT2D eigenvalue weighted by Gasteiger charge is -2.41. The number of amides is 3. The molecule has 244 valence electrons. The summed E-state index contributed by atoms with van der Waals surface area (Å²) in [5.74, 6) is -2.41. The number of fused-ring (bicyclic) bond motifs is 2. The summed E-state index contributed by atoms with van der Waals surface area (Å²) in [5.41, 5.74) is -0.584. The van der Waals surface area contributed by atoms with E-state index in [0.717, 1.165) is 11.9 Å². The fourth-order valence-electron chi connectivity index (χ4n) is 8.13. The third kappa shape index (κ3) is 5.17. The fraction of sp³-hybridized carbons (Fsp3) is 0.618. The van der Waals surface area contributed by atoms with E-state index in [0.29, 0.717) is 44.3 Å². The Balaban J connectivity index is 1.62. The minimum atomic E-state index is -1.21. The van der Waals surface area contributed by atoms with Crippen molar-refractivity contribution in [3.05, 3.63) is 49.6 Å². The molecule has 2 unspecified atom stereocenters. The van der Waals surface area contributed by atoms with Gasteiger partial charge in [0.2, 0.25) is 17.7 Å². The Morgan fingerprint density at radius 3 is 2.49 bits per heavy atom. The van der Waals surface area contributed by atoms with E-state index in [-0.39, 0.29) is 43.5 Å². The molecule has 1 spiro atoms. The summed E-state index contributed by atoms with van der Waals surface area (Å²) in [5, 5.41) is 19.3. The summed E-state index contributed by atoms with van der Waals surface area (Å²) < 4.78 is 8.67. The zero-order valence-electron chi connectivity index (χ0n) is 27.1. The quantitative estimate of drug-likeness (QED) is 0.303. The number of carbonyl (C=O) groups excluding carboxylic acids is 3. The summed E-state index contributed by atoms with van der Waals surface area (Å²) in [6, 6.07) is 5.88. The van der Waals surface area contributed by atoms with Crippen molar-refractivity contribution in [2.24, 2.45) is 17.8 Å². The molecule has 3 saturated heterocycles. The van der Waals surface area contributed by atoms with Crippen LogP contribution in [-0.2, 0) is 25.8 Å². The van der Waals surface area contributed by atoms with Crippen LogP contribution in [0.15, 0.2) is 49.6 Å². The van der Waals surface area contributed by atoms with E-state index in [1.54, 1.807) is 31.5 Å². The summed E-state index contributed by atoms with van der Waals surface area (Å²) >= 11 is 0. The first-order valence-corrected chi connectivity index (χ1v) is 16.4. The van der Waals surface area contributed by atoms with Gasteiger partial charge in [-0.2, -0.15) is 0 Å². The second-order valence-electron chi connectivity index (χ2n) is 12.9. The zero-order chi connectivity index (χ0) is 32.5. The van der Waals surface area contributed by atoms with Crippen molar-refractivity contribution in [3.63, 3.8) is 0 Å². The molecule has 1 N–H and O–H groups in total. The SMILES string of the molecule is C=CCN(Cn1nnc2ccccc21)C(=O)C1N([C@@H](CO)[C@@H](C)CC)C(=O)[C@@H]2[C@H](C(=O)N(CC=C)CCC)[C@]3(CC)CCC12O3. The molecule has 4 heterocycles. The number of benzene rings is 1. The molecule has 1 aromatic heterocycles. The largest absolute Gasteiger partial charge is 0.394 e. The Bertz CT molecular complexity index is 1440. The molecule has 5 rings (SSSR count). The molecule has 0 aliphatic carbocycles. The number of rotatable bonds is 15. The Morgan fingerprint density at radius 2 is 1.84 bits per heavy atom. The Morgan fingerprint density at radius 1 is 1.13 bits per heavy atom. The highest BCUT2D eigenvalue weighted by molar-refractivity contribution is 5.99. The molecule has 3 aliphatic heterocycles. The summed E-state index contributed by atoms with van der Waals surface area (Å²) in [6.45, 7) is 16.6. The number of ether oxygens (including phenoxy) is 1. The van der Waals surface area contributed by atoms with Crippen LogP contribution in [0.3, 0.4) is 0 Å². The third-order valence-corrected chi connectivity index (χ3v) is 10.5. The Labute approximate surface area is 265 Å². The van der Waals surface area contributed by atoms with Gasteiger partial charge in [0.25, 0.3) is 0 Å². The first-order valence-electron chi connectivity index (χ1n) is 16.4. The molecule has 1 aromatic carbocycles. The molecule has 3 aliphatic rings. The van der Waals surface area contributed by atoms with Gasteiger partial charge >= 0.3 is 0 Å². The molecular weight excluding hydrogens is 572 g/mol. The maximum Gasteiger partial charge on any atom is 0.250 e. The van der Waals surface area contributed by atoms with Crippen LogP contribution < -0.4 is 0 Å². The number of hydrogen-bond donors (Lipinski definition) is 1. The van der Waals surface area contributed by atoms with E-state index in [1.807, 2.05) is 52.0 Å². The lowest BCUT2D eigenvalue weighted by molar-refractivity contribution is -0.160. The van der Waals surface area contributed by atoms with E-state index >= 15 is 0 Å². The summed E-state index contributed by atoms with van der Waals surface area (Å²) in [4.78, 5) is 49.1. The molecule has 2 bridgehead atoms. The van der Waals surface area contributed by atoms with Crippen LogP contribution in [0.25, 0.3) is 11.0 Å². The normalized spacial score (nSPS) is 28.2. The lowest BCUT2D eigenvalue weighted by atomic mass is 9.64. The maximum absolute atomic E-state index is 15.0. The van der Waals surface area contributed by atoms with Gasteiger partial charge in [0, 0.05) is 19.6 Å². The van der Waals surface area contributed by atoms with Gasteiger partial charge < -0.3 is 24.5 Å². The number of nitrogens with zero attached hydrogens (tertiary/aromatic N) is 6. The molecule has 2 aromatic rings. The number of carbonyl (C=O) groups is 3. The molecule has 3 fully saturated rings. The van der Waals surface area contributed by atoms with Crippen LogP contribution in [0.4, 0.5) is 0 Å². The third-order valence-electron chi connectivity index (χ3n) is 10.5. The van der Waals surface area contributed by atoms with Crippen molar-refractivity contribution in [2.75, 3.05) is 26.2 Å². The van der Waals surface area contributed by atoms with E-state index in [2.05, 4.69) is 23.5 Å². The first-order chi connectivity index (χ1) is 21.7. The number of likely N-dealkylation sites (tertiary alicyclic amines) is 1. The molecule has 11 heteroatoms. The predicted molar refractivity (Wildman–Crippen MR) is 171 cm³/mol. The smallest absolute Gasteiger partial charge is 0.250 e. The topological polar surface area (TPSA) is 121 Å². The maximum atomic E-state index is 15.0. The van der Waals surface area contributed by atoms with Gasteiger partial charge in [-0.25, -0.2) is 4.68 Å². The minimum absolute atomic E-state index is 0.0860. The molecule has 0 saturated carbocycles. The van der Waals surface area contributed by atoms with Crippen LogP contribution in [-0.4, -0.2) is 102 Å². The van der Waals surface area contributed by atoms with Crippen molar-refractivity contribution >= 4 is 28.8 Å². The van der Waals surface area contributed by atoms with Crippen molar-refractivity contribution in [2.45, 2.75) is 89.8 Å². The molecule has 0 radical (unpaired) electrons. The second kappa shape index (κ2) is 13.0. The lowest BCUT2D eigenvalue weighted by Crippen LogP contribution is -2.60.